The number of benzene rings is 1. The van der Waals surface area contributed by atoms with Gasteiger partial charge in [0.15, 0.2) is 0 Å². The van der Waals surface area contributed by atoms with E-state index in [1.165, 1.54) is 0 Å². The van der Waals surface area contributed by atoms with Crippen LogP contribution < -0.4 is 0 Å². The van der Waals surface area contributed by atoms with E-state index in [0.717, 1.165) is 16.3 Å². The second-order valence-electron chi connectivity index (χ2n) is 4.53. The van der Waals surface area contributed by atoms with Crippen molar-refractivity contribution < 1.29 is 4.79 Å². The van der Waals surface area contributed by atoms with Gasteiger partial charge < -0.3 is 4.79 Å². The second kappa shape index (κ2) is 4.26. The molecular weight excluding hydrogens is 240 g/mol. The molecule has 0 aliphatic rings. The van der Waals surface area contributed by atoms with Crippen LogP contribution in [0.2, 0.25) is 0 Å². The number of halogens is 1. The minimum Gasteiger partial charge on any atom is -0.303 e. The molecule has 1 rings (SSSR count). The van der Waals surface area contributed by atoms with Crippen LogP contribution in [0.4, 0.5) is 0 Å². The first-order valence-corrected chi connectivity index (χ1v) is 5.45. The van der Waals surface area contributed by atoms with E-state index in [2.05, 4.69) is 36.7 Å². The van der Waals surface area contributed by atoms with E-state index in [4.69, 9.17) is 0 Å². The van der Waals surface area contributed by atoms with Gasteiger partial charge in [0.1, 0.15) is 6.29 Å². The molecule has 76 valence electrons. The van der Waals surface area contributed by atoms with Gasteiger partial charge in [-0.2, -0.15) is 0 Å². The number of aldehydes is 1. The first-order chi connectivity index (χ1) is 6.45. The molecule has 0 heterocycles. The van der Waals surface area contributed by atoms with E-state index in [1.807, 2.05) is 24.3 Å². The van der Waals surface area contributed by atoms with Crippen molar-refractivity contribution in [3.63, 3.8) is 0 Å². The summed E-state index contributed by atoms with van der Waals surface area (Å²) < 4.78 is 1.04. The quantitative estimate of drug-likeness (QED) is 0.735. The molecule has 0 bridgehead atoms. The van der Waals surface area contributed by atoms with Crippen molar-refractivity contribution >= 4 is 22.2 Å². The predicted octanol–water partition coefficient (Wildman–Crippen LogP) is 3.78. The summed E-state index contributed by atoms with van der Waals surface area (Å²) in [5, 5.41) is 0. The minimum absolute atomic E-state index is 0.0183. The van der Waals surface area contributed by atoms with Crippen molar-refractivity contribution in [2.75, 3.05) is 0 Å². The van der Waals surface area contributed by atoms with Crippen LogP contribution in [0.5, 0.6) is 0 Å². The average molecular weight is 255 g/mol. The fourth-order valence-corrected chi connectivity index (χ4v) is 1.72. The monoisotopic (exact) mass is 254 g/mol. The van der Waals surface area contributed by atoms with Gasteiger partial charge in [-0.25, -0.2) is 0 Å². The molecule has 0 fully saturated rings. The van der Waals surface area contributed by atoms with Gasteiger partial charge in [0.05, 0.1) is 0 Å². The number of carbonyl (C=O) groups is 1. The van der Waals surface area contributed by atoms with Crippen LogP contribution in [-0.4, -0.2) is 6.29 Å². The molecule has 1 unspecified atom stereocenters. The van der Waals surface area contributed by atoms with Crippen LogP contribution >= 0.6 is 15.9 Å². The lowest BCUT2D eigenvalue weighted by atomic mass is 9.77. The molecule has 0 saturated carbocycles. The molecule has 2 heteroatoms. The minimum atomic E-state index is -0.0319. The highest BCUT2D eigenvalue weighted by molar-refractivity contribution is 9.10. The summed E-state index contributed by atoms with van der Waals surface area (Å²) in [4.78, 5) is 11.0. The largest absolute Gasteiger partial charge is 0.303 e. The van der Waals surface area contributed by atoms with E-state index in [1.54, 1.807) is 0 Å². The van der Waals surface area contributed by atoms with Gasteiger partial charge in [-0.15, -0.1) is 0 Å². The van der Waals surface area contributed by atoms with Crippen molar-refractivity contribution in [2.24, 2.45) is 5.41 Å². The highest BCUT2D eigenvalue weighted by Gasteiger charge is 2.25. The lowest BCUT2D eigenvalue weighted by Crippen LogP contribution is -2.19. The standard InChI is InChI=1S/C12H15BrO/c1-12(2,3)11(8-14)9-4-6-10(13)7-5-9/h4-8,11H,1-3H3. The molecule has 0 spiro atoms. The van der Waals surface area contributed by atoms with Gasteiger partial charge in [0.2, 0.25) is 0 Å². The van der Waals surface area contributed by atoms with Gasteiger partial charge >= 0.3 is 0 Å². The Balaban J connectivity index is 3.02. The molecule has 0 aliphatic heterocycles. The molecule has 1 aromatic carbocycles. The van der Waals surface area contributed by atoms with Crippen molar-refractivity contribution in [1.29, 1.82) is 0 Å². The number of hydrogen-bond donors (Lipinski definition) is 0. The van der Waals surface area contributed by atoms with Crippen LogP contribution in [0.3, 0.4) is 0 Å². The van der Waals surface area contributed by atoms with Gasteiger partial charge in [0.25, 0.3) is 0 Å². The van der Waals surface area contributed by atoms with E-state index < -0.39 is 0 Å². The summed E-state index contributed by atoms with van der Waals surface area (Å²) in [6, 6.07) is 7.93. The summed E-state index contributed by atoms with van der Waals surface area (Å²) in [6.07, 6.45) is 1.03. The zero-order chi connectivity index (χ0) is 10.8. The molecule has 0 saturated heterocycles. The lowest BCUT2D eigenvalue weighted by molar-refractivity contribution is -0.111. The SMILES string of the molecule is CC(C)(C)C(C=O)c1ccc(Br)cc1. The Morgan fingerprint density at radius 1 is 1.21 bits per heavy atom. The Kier molecular flexibility index (Phi) is 3.48. The van der Waals surface area contributed by atoms with Gasteiger partial charge in [-0.1, -0.05) is 48.8 Å². The molecule has 0 aliphatic carbocycles. The van der Waals surface area contributed by atoms with Crippen LogP contribution in [0.15, 0.2) is 28.7 Å². The Labute approximate surface area is 93.7 Å². The van der Waals surface area contributed by atoms with Crippen molar-refractivity contribution in [1.82, 2.24) is 0 Å². The molecule has 1 aromatic rings. The van der Waals surface area contributed by atoms with E-state index in [-0.39, 0.29) is 11.3 Å². The zero-order valence-electron chi connectivity index (χ0n) is 8.75. The molecule has 1 nitrogen and oxygen atoms in total. The van der Waals surface area contributed by atoms with E-state index in [0.29, 0.717) is 0 Å². The third kappa shape index (κ3) is 2.68. The first-order valence-electron chi connectivity index (χ1n) is 4.66. The molecule has 0 radical (unpaired) electrons. The summed E-state index contributed by atoms with van der Waals surface area (Å²) in [5.74, 6) is -0.0319. The van der Waals surface area contributed by atoms with Crippen molar-refractivity contribution in [3.8, 4) is 0 Å². The van der Waals surface area contributed by atoms with Crippen LogP contribution in [0.1, 0.15) is 32.3 Å². The van der Waals surface area contributed by atoms with Crippen LogP contribution in [0.25, 0.3) is 0 Å². The lowest BCUT2D eigenvalue weighted by Gasteiger charge is -2.26. The van der Waals surface area contributed by atoms with Gasteiger partial charge in [-0.3, -0.25) is 0 Å². The molecule has 1 atom stereocenters. The Morgan fingerprint density at radius 3 is 2.07 bits per heavy atom. The predicted molar refractivity (Wildman–Crippen MR) is 62.4 cm³/mol. The number of rotatable bonds is 2. The molecule has 0 amide bonds. The van der Waals surface area contributed by atoms with Crippen LogP contribution in [0, 0.1) is 5.41 Å². The Hall–Kier alpha value is -0.630. The summed E-state index contributed by atoms with van der Waals surface area (Å²) in [5.41, 5.74) is 1.06. The average Bonchev–Trinajstić information content (AvgIpc) is 2.07. The van der Waals surface area contributed by atoms with Crippen LogP contribution in [-0.2, 0) is 4.79 Å². The first kappa shape index (κ1) is 11.4. The normalized spacial score (nSPS) is 13.7. The second-order valence-corrected chi connectivity index (χ2v) is 5.45. The molecule has 0 N–H and O–H groups in total. The topological polar surface area (TPSA) is 17.1 Å². The fraction of sp³-hybridized carbons (Fsp3) is 0.417. The highest BCUT2D eigenvalue weighted by atomic mass is 79.9. The van der Waals surface area contributed by atoms with Gasteiger partial charge in [-0.05, 0) is 23.1 Å². The summed E-state index contributed by atoms with van der Waals surface area (Å²) in [6.45, 7) is 6.23. The molecule has 14 heavy (non-hydrogen) atoms. The smallest absolute Gasteiger partial charge is 0.127 e. The third-order valence-corrected chi connectivity index (χ3v) is 2.83. The van der Waals surface area contributed by atoms with E-state index in [9.17, 15) is 4.79 Å². The van der Waals surface area contributed by atoms with E-state index >= 15 is 0 Å². The van der Waals surface area contributed by atoms with Gasteiger partial charge in [0, 0.05) is 10.4 Å². The fourth-order valence-electron chi connectivity index (χ4n) is 1.45. The Morgan fingerprint density at radius 2 is 1.71 bits per heavy atom. The van der Waals surface area contributed by atoms with Crippen molar-refractivity contribution in [3.05, 3.63) is 34.3 Å². The Bertz CT molecular complexity index is 308. The number of hydrogen-bond acceptors (Lipinski definition) is 1. The maximum Gasteiger partial charge on any atom is 0.127 e. The maximum absolute atomic E-state index is 11.0. The van der Waals surface area contributed by atoms with Crippen molar-refractivity contribution in [2.45, 2.75) is 26.7 Å². The maximum atomic E-state index is 11.0. The zero-order valence-corrected chi connectivity index (χ0v) is 10.3. The summed E-state index contributed by atoms with van der Waals surface area (Å²) >= 11 is 3.38. The number of carbonyl (C=O) groups excluding carboxylic acids is 1. The molecule has 0 aromatic heterocycles. The third-order valence-electron chi connectivity index (χ3n) is 2.30. The summed E-state index contributed by atoms with van der Waals surface area (Å²) in [7, 11) is 0. The highest BCUT2D eigenvalue weighted by Crippen LogP contribution is 2.33. The molecular formula is C12H15BrO.